The van der Waals surface area contributed by atoms with Crippen LogP contribution in [0.3, 0.4) is 0 Å². The van der Waals surface area contributed by atoms with Gasteiger partial charge in [-0.1, -0.05) is 0 Å². The van der Waals surface area contributed by atoms with Gasteiger partial charge in [-0.3, -0.25) is 0 Å². The zero-order valence-corrected chi connectivity index (χ0v) is 4.67. The number of hydrogen-bond donors (Lipinski definition) is 2. The molecule has 3 heteroatoms. The van der Waals surface area contributed by atoms with Crippen molar-refractivity contribution in [2.75, 3.05) is 6.61 Å². The molecule has 2 N–H and O–H groups in total. The molecule has 0 amide bonds. The van der Waals surface area contributed by atoms with Crippen molar-refractivity contribution < 1.29 is 10.2 Å². The molecule has 1 atom stereocenters. The minimum atomic E-state index is -0.743. The number of aliphatic hydroxyl groups excluding tert-OH is 2. The molecule has 0 saturated carbocycles. The van der Waals surface area contributed by atoms with Gasteiger partial charge in [0.05, 0.1) is 12.7 Å². The van der Waals surface area contributed by atoms with E-state index in [0.29, 0.717) is 5.47 Å². The second-order valence-electron chi connectivity index (χ2n) is 1.70. The van der Waals surface area contributed by atoms with Gasteiger partial charge in [-0.25, -0.2) is 0 Å². The topological polar surface area (TPSA) is 40.5 Å². The molecule has 0 rings (SSSR count). The molecule has 44 valence electrons. The Balaban J connectivity index is 3.24. The van der Waals surface area contributed by atoms with Crippen LogP contribution in [0, 0.1) is 0 Å². The average Bonchev–Trinajstić information content (AvgIpc) is 1.65. The Morgan fingerprint density at radius 1 is 1.75 bits per heavy atom. The summed E-state index contributed by atoms with van der Waals surface area (Å²) in [5.74, 6) is 0. The van der Waals surface area contributed by atoms with Crippen LogP contribution in [0.1, 0.15) is 6.42 Å². The summed E-state index contributed by atoms with van der Waals surface area (Å²) in [6.45, 7) is 3.10. The highest BCUT2D eigenvalue weighted by atomic mass is 16.3. The van der Waals surface area contributed by atoms with Gasteiger partial charge in [0.2, 0.25) is 0 Å². The highest BCUT2D eigenvalue weighted by Gasteiger charge is 1.98. The van der Waals surface area contributed by atoms with Crippen molar-refractivity contribution in [3.8, 4) is 0 Å². The van der Waals surface area contributed by atoms with Crippen LogP contribution in [0.2, 0.25) is 0 Å². The Morgan fingerprint density at radius 2 is 2.25 bits per heavy atom. The van der Waals surface area contributed by atoms with E-state index in [2.05, 4.69) is 6.58 Å². The van der Waals surface area contributed by atoms with E-state index >= 15 is 0 Å². The maximum atomic E-state index is 8.64. The molecule has 0 aromatic heterocycles. The first-order chi connectivity index (χ1) is 3.66. The van der Waals surface area contributed by atoms with Gasteiger partial charge in [-0.2, -0.15) is 0 Å². The first-order valence-electron chi connectivity index (χ1n) is 2.39. The molecule has 2 nitrogen and oxygen atoms in total. The van der Waals surface area contributed by atoms with Gasteiger partial charge in [0.15, 0.2) is 0 Å². The molecule has 0 aliphatic carbocycles. The summed E-state index contributed by atoms with van der Waals surface area (Å²) in [5, 5.41) is 16.9. The highest BCUT2D eigenvalue weighted by Crippen LogP contribution is 1.95. The summed E-state index contributed by atoms with van der Waals surface area (Å²) in [6, 6.07) is 0. The van der Waals surface area contributed by atoms with Crippen LogP contribution in [0.4, 0.5) is 0 Å². The van der Waals surface area contributed by atoms with Crippen molar-refractivity contribution in [3.63, 3.8) is 0 Å². The van der Waals surface area contributed by atoms with Crippen molar-refractivity contribution in [2.45, 2.75) is 12.5 Å². The van der Waals surface area contributed by atoms with Gasteiger partial charge in [0.1, 0.15) is 7.85 Å². The quantitative estimate of drug-likeness (QED) is 0.479. The molecular weight excluding hydrogens is 103 g/mol. The molecule has 0 spiro atoms. The summed E-state index contributed by atoms with van der Waals surface area (Å²) in [7, 11) is 5.10. The number of aliphatic hydroxyl groups is 2. The van der Waals surface area contributed by atoms with E-state index in [0.717, 1.165) is 0 Å². The van der Waals surface area contributed by atoms with Crippen LogP contribution in [0.5, 0.6) is 0 Å². The maximum Gasteiger partial charge on any atom is 0.107 e. The van der Waals surface area contributed by atoms with Crippen molar-refractivity contribution in [2.24, 2.45) is 0 Å². The Hall–Kier alpha value is -0.275. The summed E-state index contributed by atoms with van der Waals surface area (Å²) in [5.41, 5.74) is 0.395. The molecule has 8 heavy (non-hydrogen) atoms. The maximum absolute atomic E-state index is 8.64. The van der Waals surface area contributed by atoms with Crippen molar-refractivity contribution in [1.82, 2.24) is 0 Å². The number of hydrogen-bond acceptors (Lipinski definition) is 2. The van der Waals surface area contributed by atoms with Crippen molar-refractivity contribution >= 4 is 7.85 Å². The van der Waals surface area contributed by atoms with E-state index in [9.17, 15) is 0 Å². The van der Waals surface area contributed by atoms with Gasteiger partial charge >= 0.3 is 0 Å². The molecule has 0 unspecified atom stereocenters. The van der Waals surface area contributed by atoms with E-state index in [-0.39, 0.29) is 13.0 Å². The summed E-state index contributed by atoms with van der Waals surface area (Å²) >= 11 is 0. The normalized spacial score (nSPS) is 13.2. The van der Waals surface area contributed by atoms with Gasteiger partial charge in [-0.05, 0) is 6.42 Å². The third kappa shape index (κ3) is 3.90. The predicted molar refractivity (Wildman–Crippen MR) is 32.6 cm³/mol. The molecule has 0 fully saturated rings. The Kier molecular flexibility index (Phi) is 3.57. The molecule has 0 aliphatic rings. The molecule has 0 saturated heterocycles. The summed E-state index contributed by atoms with van der Waals surface area (Å²) in [4.78, 5) is 0. The largest absolute Gasteiger partial charge is 0.394 e. The van der Waals surface area contributed by atoms with E-state index < -0.39 is 6.10 Å². The minimum Gasteiger partial charge on any atom is -0.394 e. The standard InChI is InChI=1S/C5H9BO2/c1-4(6)2-5(8)3-7/h5,7-8H,1-3H2/t5-/m0/s1. The molecule has 0 heterocycles. The lowest BCUT2D eigenvalue weighted by atomic mass is 9.92. The predicted octanol–water partition coefficient (Wildman–Crippen LogP) is -0.588. The smallest absolute Gasteiger partial charge is 0.107 e. The van der Waals surface area contributed by atoms with Crippen LogP contribution in [0.25, 0.3) is 0 Å². The fraction of sp³-hybridized carbons (Fsp3) is 0.600. The SMILES string of the molecule is [B]C(=C)C[C@H](O)CO. The fourth-order valence-electron chi connectivity index (χ4n) is 0.367. The molecule has 0 aliphatic heterocycles. The van der Waals surface area contributed by atoms with E-state index in [1.807, 2.05) is 0 Å². The zero-order chi connectivity index (χ0) is 6.57. The van der Waals surface area contributed by atoms with Crippen LogP contribution < -0.4 is 0 Å². The Labute approximate surface area is 50.2 Å². The fourth-order valence-corrected chi connectivity index (χ4v) is 0.367. The summed E-state index contributed by atoms with van der Waals surface area (Å²) < 4.78 is 0. The van der Waals surface area contributed by atoms with Crippen molar-refractivity contribution in [1.29, 1.82) is 0 Å². The van der Waals surface area contributed by atoms with Crippen LogP contribution >= 0.6 is 0 Å². The van der Waals surface area contributed by atoms with E-state index in [4.69, 9.17) is 18.1 Å². The van der Waals surface area contributed by atoms with Gasteiger partial charge in [0, 0.05) is 0 Å². The van der Waals surface area contributed by atoms with E-state index in [1.165, 1.54) is 0 Å². The lowest BCUT2D eigenvalue weighted by molar-refractivity contribution is 0.0968. The van der Waals surface area contributed by atoms with Crippen molar-refractivity contribution in [3.05, 3.63) is 12.1 Å². The lowest BCUT2D eigenvalue weighted by Gasteiger charge is -2.04. The molecule has 0 bridgehead atoms. The third-order valence-electron chi connectivity index (χ3n) is 0.709. The highest BCUT2D eigenvalue weighted by molar-refractivity contribution is 6.21. The van der Waals surface area contributed by atoms with Gasteiger partial charge in [-0.15, -0.1) is 12.1 Å². The minimum absolute atomic E-state index is 0.254. The van der Waals surface area contributed by atoms with Crippen LogP contribution in [0.15, 0.2) is 12.1 Å². The van der Waals surface area contributed by atoms with E-state index in [1.54, 1.807) is 0 Å². The van der Waals surface area contributed by atoms with Crippen LogP contribution in [-0.2, 0) is 0 Å². The summed E-state index contributed by atoms with van der Waals surface area (Å²) in [6.07, 6.45) is -0.469. The van der Waals surface area contributed by atoms with Gasteiger partial charge in [0.25, 0.3) is 0 Å². The molecule has 0 aromatic carbocycles. The first-order valence-corrected chi connectivity index (χ1v) is 2.39. The first kappa shape index (κ1) is 7.72. The molecular formula is C5H9BO2. The second kappa shape index (κ2) is 3.69. The number of rotatable bonds is 3. The van der Waals surface area contributed by atoms with Crippen LogP contribution in [-0.4, -0.2) is 30.8 Å². The Bertz CT molecular complexity index is 82.5. The lowest BCUT2D eigenvalue weighted by Crippen LogP contribution is -2.12. The second-order valence-corrected chi connectivity index (χ2v) is 1.70. The zero-order valence-electron chi connectivity index (χ0n) is 4.67. The van der Waals surface area contributed by atoms with Gasteiger partial charge < -0.3 is 10.2 Å². The molecule has 2 radical (unpaired) electrons. The average molecular weight is 112 g/mol. The monoisotopic (exact) mass is 112 g/mol. The Morgan fingerprint density at radius 3 is 2.38 bits per heavy atom. The molecule has 0 aromatic rings. The third-order valence-corrected chi connectivity index (χ3v) is 0.709.